The molecule has 2 N–H and O–H groups in total. The molecule has 100 valence electrons. The lowest BCUT2D eigenvalue weighted by molar-refractivity contribution is -0.144. The number of carboxylic acid groups (broad SMARTS) is 1. The Kier molecular flexibility index (Phi) is 4.94. The summed E-state index contributed by atoms with van der Waals surface area (Å²) in [7, 11) is -3.48. The molecule has 0 aromatic heterocycles. The second kappa shape index (κ2) is 5.82. The van der Waals surface area contributed by atoms with E-state index in [1.807, 2.05) is 0 Å². The van der Waals surface area contributed by atoms with Gasteiger partial charge in [-0.25, -0.2) is 8.42 Å². The molecule has 0 atom stereocenters. The van der Waals surface area contributed by atoms with Gasteiger partial charge in [-0.3, -0.25) is 4.79 Å². The molecule has 1 saturated carbocycles. The summed E-state index contributed by atoms with van der Waals surface area (Å²) in [4.78, 5) is 11.4. The molecule has 1 aliphatic carbocycles. The van der Waals surface area contributed by atoms with Crippen LogP contribution in [-0.2, 0) is 14.8 Å². The van der Waals surface area contributed by atoms with Crippen LogP contribution >= 0.6 is 0 Å². The zero-order chi connectivity index (χ0) is 12.9. The van der Waals surface area contributed by atoms with E-state index < -0.39 is 21.5 Å². The second-order valence-electron chi connectivity index (χ2n) is 4.72. The Balaban J connectivity index is 2.88. The lowest BCUT2D eigenvalue weighted by Crippen LogP contribution is -2.54. The molecule has 17 heavy (non-hydrogen) atoms. The van der Waals surface area contributed by atoms with Crippen LogP contribution in [0.1, 0.15) is 51.9 Å². The number of carbonyl (C=O) groups is 1. The molecule has 1 aliphatic rings. The highest BCUT2D eigenvalue weighted by atomic mass is 32.2. The number of rotatable bonds is 5. The summed E-state index contributed by atoms with van der Waals surface area (Å²) >= 11 is 0. The van der Waals surface area contributed by atoms with Crippen LogP contribution in [0.5, 0.6) is 0 Å². The van der Waals surface area contributed by atoms with Gasteiger partial charge in [0.1, 0.15) is 5.54 Å². The Bertz CT molecular complexity index is 356. The van der Waals surface area contributed by atoms with Gasteiger partial charge in [-0.05, 0) is 19.3 Å². The van der Waals surface area contributed by atoms with Crippen LogP contribution in [0.25, 0.3) is 0 Å². The van der Waals surface area contributed by atoms with E-state index in [1.54, 1.807) is 6.92 Å². The van der Waals surface area contributed by atoms with E-state index in [0.29, 0.717) is 19.3 Å². The van der Waals surface area contributed by atoms with Crippen molar-refractivity contribution in [2.24, 2.45) is 0 Å². The van der Waals surface area contributed by atoms with Crippen LogP contribution in [0, 0.1) is 0 Å². The van der Waals surface area contributed by atoms with E-state index in [4.69, 9.17) is 0 Å². The SMILES string of the molecule is CCCS(=O)(=O)NC1(C(=O)O)CCCCCC1. The van der Waals surface area contributed by atoms with Crippen molar-refractivity contribution < 1.29 is 18.3 Å². The molecule has 1 rings (SSSR count). The number of nitrogens with one attached hydrogen (secondary N) is 1. The molecule has 0 amide bonds. The van der Waals surface area contributed by atoms with Gasteiger partial charge in [0.2, 0.25) is 10.0 Å². The Hall–Kier alpha value is -0.620. The van der Waals surface area contributed by atoms with Gasteiger partial charge in [0.15, 0.2) is 0 Å². The predicted molar refractivity (Wildman–Crippen MR) is 65.3 cm³/mol. The number of sulfonamides is 1. The number of hydrogen-bond donors (Lipinski definition) is 2. The molecular weight excluding hydrogens is 242 g/mol. The summed E-state index contributed by atoms with van der Waals surface area (Å²) in [5.74, 6) is -1.05. The maximum Gasteiger partial charge on any atom is 0.324 e. The van der Waals surface area contributed by atoms with E-state index in [9.17, 15) is 18.3 Å². The highest BCUT2D eigenvalue weighted by molar-refractivity contribution is 7.89. The van der Waals surface area contributed by atoms with Crippen LogP contribution in [-0.4, -0.2) is 30.8 Å². The summed E-state index contributed by atoms with van der Waals surface area (Å²) in [6, 6.07) is 0. The first-order valence-corrected chi connectivity index (χ1v) is 7.82. The zero-order valence-electron chi connectivity index (χ0n) is 10.2. The lowest BCUT2D eigenvalue weighted by atomic mass is 9.92. The standard InChI is InChI=1S/C11H21NO4S/c1-2-9-17(15,16)12-11(10(13)14)7-5-3-4-6-8-11/h12H,2-9H2,1H3,(H,13,14). The predicted octanol–water partition coefficient (Wildman–Crippen LogP) is 1.49. The van der Waals surface area contributed by atoms with Crippen LogP contribution < -0.4 is 4.72 Å². The fourth-order valence-corrected chi connectivity index (χ4v) is 3.84. The Morgan fingerprint density at radius 3 is 2.18 bits per heavy atom. The van der Waals surface area contributed by atoms with Gasteiger partial charge in [0.25, 0.3) is 0 Å². The summed E-state index contributed by atoms with van der Waals surface area (Å²) in [6.07, 6.45) is 4.76. The first kappa shape index (κ1) is 14.4. The van der Waals surface area contributed by atoms with Gasteiger partial charge in [-0.15, -0.1) is 0 Å². The minimum absolute atomic E-state index is 0.0119. The zero-order valence-corrected chi connectivity index (χ0v) is 11.1. The number of hydrogen-bond acceptors (Lipinski definition) is 3. The summed E-state index contributed by atoms with van der Waals surface area (Å²) in [6.45, 7) is 1.76. The molecule has 6 heteroatoms. The Morgan fingerprint density at radius 1 is 1.24 bits per heavy atom. The van der Waals surface area contributed by atoms with Gasteiger partial charge in [0, 0.05) is 0 Å². The van der Waals surface area contributed by atoms with E-state index in [2.05, 4.69) is 4.72 Å². The minimum Gasteiger partial charge on any atom is -0.480 e. The van der Waals surface area contributed by atoms with Gasteiger partial charge in [-0.1, -0.05) is 32.6 Å². The molecule has 0 aromatic rings. The molecule has 0 bridgehead atoms. The number of carboxylic acids is 1. The van der Waals surface area contributed by atoms with Crippen molar-refractivity contribution in [1.82, 2.24) is 4.72 Å². The van der Waals surface area contributed by atoms with Crippen LogP contribution in [0.2, 0.25) is 0 Å². The van der Waals surface area contributed by atoms with Crippen molar-refractivity contribution in [3.8, 4) is 0 Å². The van der Waals surface area contributed by atoms with E-state index >= 15 is 0 Å². The third kappa shape index (κ3) is 3.96. The lowest BCUT2D eigenvalue weighted by Gasteiger charge is -2.28. The second-order valence-corrected chi connectivity index (χ2v) is 6.56. The van der Waals surface area contributed by atoms with E-state index in [1.165, 1.54) is 0 Å². The van der Waals surface area contributed by atoms with Crippen LogP contribution in [0.4, 0.5) is 0 Å². The van der Waals surface area contributed by atoms with Gasteiger partial charge < -0.3 is 5.11 Å². The molecular formula is C11H21NO4S. The Morgan fingerprint density at radius 2 is 1.76 bits per heavy atom. The van der Waals surface area contributed by atoms with Crippen molar-refractivity contribution >= 4 is 16.0 Å². The Labute approximate surface area is 103 Å². The molecule has 1 fully saturated rings. The van der Waals surface area contributed by atoms with Gasteiger partial charge in [0.05, 0.1) is 5.75 Å². The van der Waals surface area contributed by atoms with Crippen LogP contribution in [0.15, 0.2) is 0 Å². The first-order chi connectivity index (χ1) is 7.92. The topological polar surface area (TPSA) is 83.5 Å². The maximum atomic E-state index is 11.7. The van der Waals surface area contributed by atoms with Gasteiger partial charge >= 0.3 is 5.97 Å². The smallest absolute Gasteiger partial charge is 0.324 e. The third-order valence-corrected chi connectivity index (χ3v) is 4.84. The van der Waals surface area contributed by atoms with Crippen molar-refractivity contribution in [3.63, 3.8) is 0 Å². The fraction of sp³-hybridized carbons (Fsp3) is 0.909. The molecule has 5 nitrogen and oxygen atoms in total. The largest absolute Gasteiger partial charge is 0.480 e. The normalized spacial score (nSPS) is 20.8. The average molecular weight is 263 g/mol. The van der Waals surface area contributed by atoms with Crippen molar-refractivity contribution in [2.75, 3.05) is 5.75 Å². The molecule has 0 saturated heterocycles. The van der Waals surface area contributed by atoms with E-state index in [-0.39, 0.29) is 5.75 Å². The summed E-state index contributed by atoms with van der Waals surface area (Å²) < 4.78 is 25.9. The summed E-state index contributed by atoms with van der Waals surface area (Å²) in [5, 5.41) is 9.32. The molecule has 0 spiro atoms. The van der Waals surface area contributed by atoms with Crippen LogP contribution in [0.3, 0.4) is 0 Å². The van der Waals surface area contributed by atoms with Crippen molar-refractivity contribution in [1.29, 1.82) is 0 Å². The minimum atomic E-state index is -3.48. The maximum absolute atomic E-state index is 11.7. The molecule has 0 unspecified atom stereocenters. The van der Waals surface area contributed by atoms with Crippen molar-refractivity contribution in [3.05, 3.63) is 0 Å². The molecule has 0 radical (unpaired) electrons. The molecule has 0 aromatic carbocycles. The highest BCUT2D eigenvalue weighted by Gasteiger charge is 2.41. The summed E-state index contributed by atoms with van der Waals surface area (Å²) in [5.41, 5.74) is -1.27. The average Bonchev–Trinajstić information content (AvgIpc) is 2.43. The number of aliphatic carboxylic acids is 1. The van der Waals surface area contributed by atoms with Crippen molar-refractivity contribution in [2.45, 2.75) is 57.4 Å². The molecule has 0 aliphatic heterocycles. The fourth-order valence-electron chi connectivity index (χ4n) is 2.31. The highest BCUT2D eigenvalue weighted by Crippen LogP contribution is 2.28. The first-order valence-electron chi connectivity index (χ1n) is 6.17. The van der Waals surface area contributed by atoms with E-state index in [0.717, 1.165) is 25.7 Å². The molecule has 0 heterocycles. The van der Waals surface area contributed by atoms with Gasteiger partial charge in [-0.2, -0.15) is 4.72 Å². The quantitative estimate of drug-likeness (QED) is 0.736. The monoisotopic (exact) mass is 263 g/mol. The third-order valence-electron chi connectivity index (χ3n) is 3.19.